The summed E-state index contributed by atoms with van der Waals surface area (Å²) in [5.74, 6) is 1.06. The predicted octanol–water partition coefficient (Wildman–Crippen LogP) is 12.9. The number of hydrogen-bond donors (Lipinski definition) is 0. The zero-order valence-electron chi connectivity index (χ0n) is 30.6. The quantitative estimate of drug-likeness (QED) is 0.170. The molecule has 0 N–H and O–H groups in total. The third kappa shape index (κ3) is 5.23. The van der Waals surface area contributed by atoms with Crippen LogP contribution in [0.25, 0.3) is 78.5 Å². The second-order valence-corrected chi connectivity index (χ2v) is 14.5. The fourth-order valence-corrected chi connectivity index (χ4v) is 8.65. The Morgan fingerprint density at radius 2 is 0.877 bits per heavy atom. The lowest BCUT2D eigenvalue weighted by atomic mass is 9.67. The van der Waals surface area contributed by atoms with Gasteiger partial charge >= 0.3 is 0 Å². The van der Waals surface area contributed by atoms with Gasteiger partial charge in [0.15, 0.2) is 11.2 Å². The van der Waals surface area contributed by atoms with E-state index in [-0.39, 0.29) is 0 Å². The van der Waals surface area contributed by atoms with Crippen LogP contribution in [0.15, 0.2) is 197 Å². The molecule has 1 aliphatic carbocycles. The highest BCUT2D eigenvalue weighted by atomic mass is 16.4. The Kier molecular flexibility index (Phi) is 7.38. The average Bonchev–Trinajstić information content (AvgIpc) is 4.00. The minimum Gasteiger partial charge on any atom is -0.436 e. The molecule has 0 aliphatic heterocycles. The maximum atomic E-state index is 10.1. The number of rotatable bonds is 6. The van der Waals surface area contributed by atoms with Crippen LogP contribution in [0.3, 0.4) is 0 Å². The first-order chi connectivity index (χ1) is 28.2. The van der Waals surface area contributed by atoms with Crippen LogP contribution in [0, 0.1) is 11.3 Å². The van der Waals surface area contributed by atoms with Crippen LogP contribution in [-0.4, -0.2) is 9.97 Å². The molecule has 1 aliphatic rings. The predicted molar refractivity (Wildman–Crippen MR) is 225 cm³/mol. The second kappa shape index (κ2) is 12.9. The molecule has 0 spiro atoms. The molecule has 5 heteroatoms. The largest absolute Gasteiger partial charge is 0.436 e. The van der Waals surface area contributed by atoms with Crippen molar-refractivity contribution in [2.24, 2.45) is 0 Å². The van der Waals surface area contributed by atoms with Crippen LogP contribution >= 0.6 is 0 Å². The summed E-state index contributed by atoms with van der Waals surface area (Å²) in [6, 6.07) is 67.2. The molecule has 11 rings (SSSR count). The lowest BCUT2D eigenvalue weighted by Gasteiger charge is -2.34. The molecule has 2 aromatic heterocycles. The summed E-state index contributed by atoms with van der Waals surface area (Å²) >= 11 is 0. The molecule has 0 unspecified atom stereocenters. The number of benzene rings is 8. The topological polar surface area (TPSA) is 75.8 Å². The molecule has 0 radical (unpaired) electrons. The summed E-state index contributed by atoms with van der Waals surface area (Å²) in [5.41, 5.74) is 15.8. The molecule has 266 valence electrons. The van der Waals surface area contributed by atoms with Crippen molar-refractivity contribution in [1.82, 2.24) is 9.97 Å². The molecule has 2 heterocycles. The van der Waals surface area contributed by atoms with Gasteiger partial charge in [-0.25, -0.2) is 9.97 Å². The van der Waals surface area contributed by atoms with E-state index < -0.39 is 5.41 Å². The Morgan fingerprint density at radius 3 is 1.46 bits per heavy atom. The third-order valence-corrected chi connectivity index (χ3v) is 11.2. The van der Waals surface area contributed by atoms with Crippen molar-refractivity contribution in [2.45, 2.75) is 5.41 Å². The molecule has 0 atom stereocenters. The van der Waals surface area contributed by atoms with Gasteiger partial charge in [0.1, 0.15) is 11.0 Å². The van der Waals surface area contributed by atoms with Crippen molar-refractivity contribution in [3.63, 3.8) is 0 Å². The van der Waals surface area contributed by atoms with E-state index in [0.29, 0.717) is 17.3 Å². The minimum absolute atomic E-state index is 0.530. The molecule has 0 bridgehead atoms. The Bertz CT molecular complexity index is 3010. The highest BCUT2D eigenvalue weighted by Crippen LogP contribution is 2.57. The number of hydrogen-bond acceptors (Lipinski definition) is 5. The van der Waals surface area contributed by atoms with Crippen molar-refractivity contribution in [3.05, 3.63) is 216 Å². The molecular weight excluding hydrogens is 699 g/mol. The maximum Gasteiger partial charge on any atom is 0.227 e. The number of para-hydroxylation sites is 4. The zero-order chi connectivity index (χ0) is 37.9. The van der Waals surface area contributed by atoms with Gasteiger partial charge in [-0.05, 0) is 122 Å². The van der Waals surface area contributed by atoms with Crippen LogP contribution in [-0.2, 0) is 5.41 Å². The first-order valence-corrected chi connectivity index (χ1v) is 18.9. The minimum atomic E-state index is -0.629. The van der Waals surface area contributed by atoms with Crippen LogP contribution in [0.5, 0.6) is 0 Å². The maximum absolute atomic E-state index is 10.1. The van der Waals surface area contributed by atoms with Crippen LogP contribution in [0.2, 0.25) is 0 Å². The lowest BCUT2D eigenvalue weighted by Crippen LogP contribution is -2.28. The average molecular weight is 730 g/mol. The monoisotopic (exact) mass is 729 g/mol. The van der Waals surface area contributed by atoms with Gasteiger partial charge in [-0.2, -0.15) is 5.26 Å². The number of aromatic nitrogens is 2. The SMILES string of the molecule is N#Cc1ccc2c(c1)C(c1ccccc1)(c1ccccc1)c1cc(-c3cccc(-c4cc(-c5nc6ccccc6o5)cc(-c5nc6ccccc6o5)c4)c3)ccc1-2. The van der Waals surface area contributed by atoms with Gasteiger partial charge < -0.3 is 8.83 Å². The van der Waals surface area contributed by atoms with E-state index in [9.17, 15) is 5.26 Å². The summed E-state index contributed by atoms with van der Waals surface area (Å²) in [4.78, 5) is 9.70. The summed E-state index contributed by atoms with van der Waals surface area (Å²) in [6.45, 7) is 0. The first kappa shape index (κ1) is 32.6. The van der Waals surface area contributed by atoms with Gasteiger partial charge in [-0.15, -0.1) is 0 Å². The van der Waals surface area contributed by atoms with Gasteiger partial charge in [-0.3, -0.25) is 0 Å². The molecule has 5 nitrogen and oxygen atoms in total. The standard InChI is InChI=1S/C52H31N3O2/c53-32-33-22-24-42-43-25-23-36(31-45(43)52(44(42)26-33,40-14-3-1-4-15-40)41-16-5-2-6-17-41)34-12-11-13-35(27-34)37-28-38(50-54-46-18-7-9-20-48(46)56-50)30-39(29-37)51-55-47-19-8-10-21-49(47)57-51/h1-31H. The Morgan fingerprint density at radius 1 is 0.404 bits per heavy atom. The lowest BCUT2D eigenvalue weighted by molar-refractivity contribution is 0.617. The second-order valence-electron chi connectivity index (χ2n) is 14.5. The molecule has 0 amide bonds. The van der Waals surface area contributed by atoms with Gasteiger partial charge in [0, 0.05) is 11.1 Å². The zero-order valence-corrected chi connectivity index (χ0v) is 30.6. The Labute approximate surface area is 328 Å². The summed E-state index contributed by atoms with van der Waals surface area (Å²) < 4.78 is 12.6. The Hall–Kier alpha value is -7.81. The number of fused-ring (bicyclic) bond motifs is 5. The van der Waals surface area contributed by atoms with E-state index in [4.69, 9.17) is 18.8 Å². The molecule has 0 saturated heterocycles. The highest BCUT2D eigenvalue weighted by molar-refractivity contribution is 5.90. The van der Waals surface area contributed by atoms with Crippen LogP contribution in [0.1, 0.15) is 27.8 Å². The fraction of sp³-hybridized carbons (Fsp3) is 0.0192. The van der Waals surface area contributed by atoms with E-state index in [2.05, 4.69) is 133 Å². The molecular formula is C52H31N3O2. The summed E-state index contributed by atoms with van der Waals surface area (Å²) in [5, 5.41) is 10.1. The fourth-order valence-electron chi connectivity index (χ4n) is 8.65. The van der Waals surface area contributed by atoms with E-state index >= 15 is 0 Å². The number of nitriles is 1. The molecule has 0 saturated carbocycles. The van der Waals surface area contributed by atoms with E-state index in [1.165, 1.54) is 5.56 Å². The van der Waals surface area contributed by atoms with Gasteiger partial charge in [0.2, 0.25) is 11.8 Å². The number of nitrogens with zero attached hydrogens (tertiary/aromatic N) is 3. The van der Waals surface area contributed by atoms with Crippen molar-refractivity contribution < 1.29 is 8.83 Å². The normalized spacial score (nSPS) is 12.7. The van der Waals surface area contributed by atoms with Crippen molar-refractivity contribution >= 4 is 22.2 Å². The Balaban J connectivity index is 1.09. The molecule has 10 aromatic rings. The van der Waals surface area contributed by atoms with E-state index in [0.717, 1.165) is 83.4 Å². The smallest absolute Gasteiger partial charge is 0.227 e. The van der Waals surface area contributed by atoms with Gasteiger partial charge in [0.25, 0.3) is 0 Å². The van der Waals surface area contributed by atoms with Crippen molar-refractivity contribution in [3.8, 4) is 62.4 Å². The molecule has 0 fully saturated rings. The van der Waals surface area contributed by atoms with E-state index in [1.807, 2.05) is 60.7 Å². The van der Waals surface area contributed by atoms with E-state index in [1.54, 1.807) is 0 Å². The van der Waals surface area contributed by atoms with Crippen molar-refractivity contribution in [1.29, 1.82) is 5.26 Å². The van der Waals surface area contributed by atoms with Crippen molar-refractivity contribution in [2.75, 3.05) is 0 Å². The summed E-state index contributed by atoms with van der Waals surface area (Å²) in [6.07, 6.45) is 0. The molecule has 57 heavy (non-hydrogen) atoms. The van der Waals surface area contributed by atoms with Gasteiger partial charge in [0.05, 0.1) is 17.0 Å². The highest BCUT2D eigenvalue weighted by Gasteiger charge is 2.46. The summed E-state index contributed by atoms with van der Waals surface area (Å²) in [7, 11) is 0. The number of oxazole rings is 2. The van der Waals surface area contributed by atoms with Crippen LogP contribution in [0.4, 0.5) is 0 Å². The molecule has 8 aromatic carbocycles. The first-order valence-electron chi connectivity index (χ1n) is 18.9. The van der Waals surface area contributed by atoms with Crippen LogP contribution < -0.4 is 0 Å². The third-order valence-electron chi connectivity index (χ3n) is 11.2. The van der Waals surface area contributed by atoms with Gasteiger partial charge in [-0.1, -0.05) is 121 Å².